The summed E-state index contributed by atoms with van der Waals surface area (Å²) in [6.45, 7) is 0.388. The molecule has 1 heterocycles. The molecule has 0 saturated heterocycles. The minimum atomic E-state index is -0.472. The lowest BCUT2D eigenvalue weighted by molar-refractivity contribution is -0.125. The Hall–Kier alpha value is -3.22. The van der Waals surface area contributed by atoms with E-state index in [1.54, 1.807) is 42.7 Å². The average Bonchev–Trinajstić information content (AvgIpc) is 3.47. The standard InChI is InChI=1S/C19H19N3O4/c1-26-19(25)13-5-2-6-14(8-13)22-18(24)16-9-15(16)17(23)21-11-12-4-3-7-20-10-12/h2-8,10,15-16H,9,11H2,1H3,(H,21,23)(H,22,24). The van der Waals surface area contributed by atoms with Gasteiger partial charge in [0.15, 0.2) is 0 Å². The summed E-state index contributed by atoms with van der Waals surface area (Å²) in [5.41, 5.74) is 1.76. The lowest BCUT2D eigenvalue weighted by atomic mass is 10.2. The maximum absolute atomic E-state index is 12.3. The molecule has 7 heteroatoms. The van der Waals surface area contributed by atoms with E-state index in [2.05, 4.69) is 20.4 Å². The van der Waals surface area contributed by atoms with Crippen molar-refractivity contribution < 1.29 is 19.1 Å². The van der Waals surface area contributed by atoms with Crippen molar-refractivity contribution in [2.45, 2.75) is 13.0 Å². The summed E-state index contributed by atoms with van der Waals surface area (Å²) < 4.78 is 4.66. The molecule has 2 unspecified atom stereocenters. The van der Waals surface area contributed by atoms with Gasteiger partial charge in [0.05, 0.1) is 24.5 Å². The zero-order chi connectivity index (χ0) is 18.5. The summed E-state index contributed by atoms with van der Waals surface area (Å²) in [5.74, 6) is -1.52. The Labute approximate surface area is 150 Å². The Morgan fingerprint density at radius 1 is 1.15 bits per heavy atom. The number of amides is 2. The number of anilines is 1. The third kappa shape index (κ3) is 4.24. The number of ether oxygens (including phenoxy) is 1. The second-order valence-corrected chi connectivity index (χ2v) is 6.09. The summed E-state index contributed by atoms with van der Waals surface area (Å²) in [6.07, 6.45) is 3.87. The molecule has 0 aliphatic heterocycles. The molecule has 0 bridgehead atoms. The van der Waals surface area contributed by atoms with Gasteiger partial charge in [-0.05, 0) is 36.2 Å². The van der Waals surface area contributed by atoms with Gasteiger partial charge in [0.1, 0.15) is 0 Å². The van der Waals surface area contributed by atoms with E-state index >= 15 is 0 Å². The first kappa shape index (κ1) is 17.6. The van der Waals surface area contributed by atoms with Crippen LogP contribution in [0, 0.1) is 11.8 Å². The van der Waals surface area contributed by atoms with Gasteiger partial charge in [-0.15, -0.1) is 0 Å². The largest absolute Gasteiger partial charge is 0.465 e. The highest BCUT2D eigenvalue weighted by atomic mass is 16.5. The maximum Gasteiger partial charge on any atom is 0.337 e. The second kappa shape index (κ2) is 7.77. The van der Waals surface area contributed by atoms with Gasteiger partial charge in [-0.25, -0.2) is 4.79 Å². The fourth-order valence-electron chi connectivity index (χ4n) is 2.67. The Bertz CT molecular complexity index is 823. The Kier molecular flexibility index (Phi) is 5.26. The number of benzene rings is 1. The molecule has 1 aromatic heterocycles. The van der Waals surface area contributed by atoms with Crippen LogP contribution in [0.25, 0.3) is 0 Å². The zero-order valence-corrected chi connectivity index (χ0v) is 14.3. The SMILES string of the molecule is COC(=O)c1cccc(NC(=O)C2CC2C(=O)NCc2cccnc2)c1. The summed E-state index contributed by atoms with van der Waals surface area (Å²) in [6, 6.07) is 10.2. The summed E-state index contributed by atoms with van der Waals surface area (Å²) in [7, 11) is 1.30. The number of esters is 1. The molecule has 2 N–H and O–H groups in total. The molecule has 0 radical (unpaired) electrons. The maximum atomic E-state index is 12.3. The minimum absolute atomic E-state index is 0.141. The van der Waals surface area contributed by atoms with Crippen LogP contribution in [0.1, 0.15) is 22.3 Å². The fourth-order valence-corrected chi connectivity index (χ4v) is 2.67. The van der Waals surface area contributed by atoms with Crippen LogP contribution in [0.4, 0.5) is 5.69 Å². The van der Waals surface area contributed by atoms with Gasteiger partial charge in [-0.3, -0.25) is 14.6 Å². The number of rotatable bonds is 6. The number of nitrogens with one attached hydrogen (secondary N) is 2. The van der Waals surface area contributed by atoms with Crippen LogP contribution >= 0.6 is 0 Å². The van der Waals surface area contributed by atoms with Gasteiger partial charge < -0.3 is 15.4 Å². The molecule has 1 aromatic carbocycles. The molecule has 1 aliphatic carbocycles. The van der Waals surface area contributed by atoms with Crippen LogP contribution < -0.4 is 10.6 Å². The van der Waals surface area contributed by atoms with Crippen LogP contribution in [-0.2, 0) is 20.9 Å². The molecule has 134 valence electrons. The van der Waals surface area contributed by atoms with E-state index in [0.29, 0.717) is 24.2 Å². The van der Waals surface area contributed by atoms with E-state index in [1.165, 1.54) is 7.11 Å². The number of hydrogen-bond acceptors (Lipinski definition) is 5. The molecule has 2 aromatic rings. The lowest BCUT2D eigenvalue weighted by Gasteiger charge is -2.07. The molecule has 7 nitrogen and oxygen atoms in total. The zero-order valence-electron chi connectivity index (χ0n) is 14.3. The first-order valence-electron chi connectivity index (χ1n) is 8.24. The first-order chi connectivity index (χ1) is 12.6. The lowest BCUT2D eigenvalue weighted by Crippen LogP contribution is -2.27. The molecule has 3 rings (SSSR count). The van der Waals surface area contributed by atoms with Gasteiger partial charge >= 0.3 is 5.97 Å². The van der Waals surface area contributed by atoms with Crippen LogP contribution in [0.15, 0.2) is 48.8 Å². The number of nitrogens with zero attached hydrogens (tertiary/aromatic N) is 1. The van der Waals surface area contributed by atoms with Crippen molar-refractivity contribution in [1.82, 2.24) is 10.3 Å². The Balaban J connectivity index is 1.51. The molecular formula is C19H19N3O4. The van der Waals surface area contributed by atoms with Gasteiger partial charge in [-0.1, -0.05) is 12.1 Å². The molecule has 1 fully saturated rings. The third-order valence-corrected chi connectivity index (χ3v) is 4.20. The highest BCUT2D eigenvalue weighted by Gasteiger charge is 2.47. The molecule has 1 saturated carbocycles. The van der Waals surface area contributed by atoms with Gasteiger partial charge in [0.2, 0.25) is 11.8 Å². The van der Waals surface area contributed by atoms with Crippen LogP contribution in [0.5, 0.6) is 0 Å². The number of aromatic nitrogens is 1. The Morgan fingerprint density at radius 2 is 1.96 bits per heavy atom. The minimum Gasteiger partial charge on any atom is -0.465 e. The predicted octanol–water partition coefficient (Wildman–Crippen LogP) is 1.76. The highest BCUT2D eigenvalue weighted by molar-refractivity contribution is 6.00. The van der Waals surface area contributed by atoms with E-state index in [1.807, 2.05) is 6.07 Å². The fraction of sp³-hybridized carbons (Fsp3) is 0.263. The quantitative estimate of drug-likeness (QED) is 0.771. The predicted molar refractivity (Wildman–Crippen MR) is 94.1 cm³/mol. The van der Waals surface area contributed by atoms with Crippen LogP contribution in [-0.4, -0.2) is 29.9 Å². The van der Waals surface area contributed by atoms with Crippen molar-refractivity contribution in [1.29, 1.82) is 0 Å². The molecule has 26 heavy (non-hydrogen) atoms. The molecule has 0 spiro atoms. The van der Waals surface area contributed by atoms with Gasteiger partial charge in [0, 0.05) is 24.6 Å². The monoisotopic (exact) mass is 353 g/mol. The van der Waals surface area contributed by atoms with Gasteiger partial charge in [-0.2, -0.15) is 0 Å². The van der Waals surface area contributed by atoms with Crippen molar-refractivity contribution in [2.75, 3.05) is 12.4 Å². The number of methoxy groups -OCH3 is 1. The topological polar surface area (TPSA) is 97.4 Å². The van der Waals surface area contributed by atoms with Crippen molar-refractivity contribution in [2.24, 2.45) is 11.8 Å². The van der Waals surface area contributed by atoms with Crippen molar-refractivity contribution in [3.8, 4) is 0 Å². The highest BCUT2D eigenvalue weighted by Crippen LogP contribution is 2.39. The average molecular weight is 353 g/mol. The first-order valence-corrected chi connectivity index (χ1v) is 8.24. The van der Waals surface area contributed by atoms with E-state index < -0.39 is 5.97 Å². The second-order valence-electron chi connectivity index (χ2n) is 6.09. The third-order valence-electron chi connectivity index (χ3n) is 4.20. The molecular weight excluding hydrogens is 334 g/mol. The summed E-state index contributed by atoms with van der Waals surface area (Å²) in [5, 5.41) is 5.57. The van der Waals surface area contributed by atoms with Crippen molar-refractivity contribution in [3.63, 3.8) is 0 Å². The number of carbonyl (C=O) groups excluding carboxylic acids is 3. The molecule has 2 atom stereocenters. The molecule has 2 amide bonds. The number of pyridine rings is 1. The van der Waals surface area contributed by atoms with E-state index in [4.69, 9.17) is 0 Å². The van der Waals surface area contributed by atoms with Gasteiger partial charge in [0.25, 0.3) is 0 Å². The van der Waals surface area contributed by atoms with Crippen LogP contribution in [0.2, 0.25) is 0 Å². The smallest absolute Gasteiger partial charge is 0.337 e. The number of hydrogen-bond donors (Lipinski definition) is 2. The number of carbonyl (C=O) groups is 3. The van der Waals surface area contributed by atoms with E-state index in [-0.39, 0.29) is 23.7 Å². The summed E-state index contributed by atoms with van der Waals surface area (Å²) in [4.78, 5) is 40.0. The van der Waals surface area contributed by atoms with Crippen LogP contribution in [0.3, 0.4) is 0 Å². The van der Waals surface area contributed by atoms with Crippen molar-refractivity contribution in [3.05, 3.63) is 59.9 Å². The molecule has 1 aliphatic rings. The van der Waals surface area contributed by atoms with E-state index in [9.17, 15) is 14.4 Å². The van der Waals surface area contributed by atoms with E-state index in [0.717, 1.165) is 5.56 Å². The Morgan fingerprint density at radius 3 is 2.69 bits per heavy atom. The summed E-state index contributed by atoms with van der Waals surface area (Å²) >= 11 is 0. The normalized spacial score (nSPS) is 17.9. The van der Waals surface area contributed by atoms with Crippen molar-refractivity contribution >= 4 is 23.5 Å².